The van der Waals surface area contributed by atoms with Gasteiger partial charge in [0.05, 0.1) is 11.1 Å². The van der Waals surface area contributed by atoms with Crippen LogP contribution in [0.5, 0.6) is 0 Å². The lowest BCUT2D eigenvalue weighted by Gasteiger charge is -2.01. The van der Waals surface area contributed by atoms with Crippen LogP contribution in [0.15, 0.2) is 28.8 Å². The highest BCUT2D eigenvalue weighted by Crippen LogP contribution is 2.27. The first-order chi connectivity index (χ1) is 8.34. The summed E-state index contributed by atoms with van der Waals surface area (Å²) in [6.45, 7) is 1.01. The second kappa shape index (κ2) is 4.47. The van der Waals surface area contributed by atoms with E-state index in [0.717, 1.165) is 24.9 Å². The highest BCUT2D eigenvalue weighted by molar-refractivity contribution is 6.33. The van der Waals surface area contributed by atoms with Crippen molar-refractivity contribution in [3.8, 4) is 11.4 Å². The maximum Gasteiger partial charge on any atom is 0.244 e. The fourth-order valence-electron chi connectivity index (χ4n) is 2.02. The number of benzene rings is 1. The molecule has 1 N–H and O–H groups in total. The first kappa shape index (κ1) is 10.7. The Morgan fingerprint density at radius 2 is 2.24 bits per heavy atom. The number of nitrogens with one attached hydrogen (secondary N) is 1. The Kier molecular flexibility index (Phi) is 2.82. The van der Waals surface area contributed by atoms with Crippen LogP contribution < -0.4 is 5.32 Å². The third-order valence-electron chi connectivity index (χ3n) is 2.91. The number of halogens is 1. The molecule has 4 nitrogen and oxygen atoms in total. The molecule has 0 amide bonds. The minimum absolute atomic E-state index is 0.193. The third-order valence-corrected chi connectivity index (χ3v) is 3.24. The van der Waals surface area contributed by atoms with E-state index in [0.29, 0.717) is 16.7 Å². The fraction of sp³-hybridized carbons (Fsp3) is 0.333. The van der Waals surface area contributed by atoms with E-state index in [1.165, 1.54) is 0 Å². The molecule has 17 heavy (non-hydrogen) atoms. The molecular formula is C12H12ClN3O. The van der Waals surface area contributed by atoms with Crippen molar-refractivity contribution in [3.05, 3.63) is 35.2 Å². The monoisotopic (exact) mass is 249 g/mol. The van der Waals surface area contributed by atoms with Crippen molar-refractivity contribution in [1.82, 2.24) is 15.5 Å². The van der Waals surface area contributed by atoms with Crippen LogP contribution in [0, 0.1) is 0 Å². The number of aromatic nitrogens is 2. The van der Waals surface area contributed by atoms with Gasteiger partial charge in [0.2, 0.25) is 11.7 Å². The number of hydrogen-bond donors (Lipinski definition) is 1. The van der Waals surface area contributed by atoms with Gasteiger partial charge in [-0.3, -0.25) is 0 Å². The van der Waals surface area contributed by atoms with Crippen LogP contribution in [-0.2, 0) is 0 Å². The minimum Gasteiger partial charge on any atom is -0.337 e. The van der Waals surface area contributed by atoms with Crippen molar-refractivity contribution < 1.29 is 4.52 Å². The van der Waals surface area contributed by atoms with E-state index < -0.39 is 0 Å². The molecule has 88 valence electrons. The second-order valence-electron chi connectivity index (χ2n) is 4.09. The van der Waals surface area contributed by atoms with Gasteiger partial charge in [-0.1, -0.05) is 28.9 Å². The number of nitrogens with zero attached hydrogens (tertiary/aromatic N) is 2. The molecule has 1 aliphatic rings. The molecule has 1 aromatic heterocycles. The number of rotatable bonds is 2. The molecule has 2 heterocycles. The van der Waals surface area contributed by atoms with E-state index in [1.807, 2.05) is 24.3 Å². The highest BCUT2D eigenvalue weighted by atomic mass is 35.5. The molecule has 1 aromatic carbocycles. The zero-order valence-corrected chi connectivity index (χ0v) is 9.94. The maximum atomic E-state index is 6.09. The van der Waals surface area contributed by atoms with Crippen LogP contribution in [0.25, 0.3) is 11.4 Å². The Hall–Kier alpha value is -1.39. The molecule has 0 aliphatic carbocycles. The summed E-state index contributed by atoms with van der Waals surface area (Å²) < 4.78 is 5.28. The molecule has 2 aromatic rings. The molecule has 1 atom stereocenters. The van der Waals surface area contributed by atoms with Gasteiger partial charge in [0.15, 0.2) is 0 Å². The van der Waals surface area contributed by atoms with Gasteiger partial charge in [-0.2, -0.15) is 4.98 Å². The Morgan fingerprint density at radius 1 is 1.35 bits per heavy atom. The molecule has 0 spiro atoms. The summed E-state index contributed by atoms with van der Waals surface area (Å²) >= 11 is 6.09. The maximum absolute atomic E-state index is 6.09. The normalized spacial score (nSPS) is 19.7. The smallest absolute Gasteiger partial charge is 0.244 e. The van der Waals surface area contributed by atoms with Crippen LogP contribution in [-0.4, -0.2) is 16.7 Å². The summed E-state index contributed by atoms with van der Waals surface area (Å²) in [7, 11) is 0. The van der Waals surface area contributed by atoms with Gasteiger partial charge >= 0.3 is 0 Å². The quantitative estimate of drug-likeness (QED) is 0.889. The molecule has 5 heteroatoms. The second-order valence-corrected chi connectivity index (χ2v) is 4.49. The average Bonchev–Trinajstić information content (AvgIpc) is 3.00. The first-order valence-corrected chi connectivity index (χ1v) is 6.04. The summed E-state index contributed by atoms with van der Waals surface area (Å²) in [6.07, 6.45) is 2.19. The lowest BCUT2D eigenvalue weighted by molar-refractivity contribution is 0.345. The summed E-state index contributed by atoms with van der Waals surface area (Å²) in [4.78, 5) is 4.40. The lowest BCUT2D eigenvalue weighted by atomic mass is 10.2. The van der Waals surface area contributed by atoms with Gasteiger partial charge < -0.3 is 9.84 Å². The van der Waals surface area contributed by atoms with E-state index in [1.54, 1.807) is 0 Å². The van der Waals surface area contributed by atoms with Gasteiger partial charge in [0.25, 0.3) is 0 Å². The van der Waals surface area contributed by atoms with Crippen molar-refractivity contribution in [1.29, 1.82) is 0 Å². The van der Waals surface area contributed by atoms with Gasteiger partial charge in [0, 0.05) is 5.56 Å². The molecule has 0 bridgehead atoms. The zero-order valence-electron chi connectivity index (χ0n) is 9.19. The van der Waals surface area contributed by atoms with Gasteiger partial charge in [-0.05, 0) is 31.5 Å². The lowest BCUT2D eigenvalue weighted by Crippen LogP contribution is -2.12. The van der Waals surface area contributed by atoms with Crippen LogP contribution in [0.2, 0.25) is 5.02 Å². The van der Waals surface area contributed by atoms with E-state index in [4.69, 9.17) is 16.1 Å². The molecule has 0 saturated carbocycles. The molecule has 0 unspecified atom stereocenters. The first-order valence-electron chi connectivity index (χ1n) is 5.66. The average molecular weight is 250 g/mol. The van der Waals surface area contributed by atoms with Gasteiger partial charge in [-0.15, -0.1) is 0 Å². The standard InChI is InChI=1S/C12H12ClN3O/c13-9-5-2-1-4-8(9)11-15-12(17-16-11)10-6-3-7-14-10/h1-2,4-5,10,14H,3,6-7H2/t10-/m0/s1. The topological polar surface area (TPSA) is 51.0 Å². The Balaban J connectivity index is 1.92. The van der Waals surface area contributed by atoms with Crippen molar-refractivity contribution >= 4 is 11.6 Å². The fourth-order valence-corrected chi connectivity index (χ4v) is 2.24. The molecular weight excluding hydrogens is 238 g/mol. The molecule has 1 fully saturated rings. The van der Waals surface area contributed by atoms with Crippen molar-refractivity contribution in [2.24, 2.45) is 0 Å². The predicted octanol–water partition coefficient (Wildman–Crippen LogP) is 2.81. The zero-order chi connectivity index (χ0) is 11.7. The largest absolute Gasteiger partial charge is 0.337 e. The van der Waals surface area contributed by atoms with Crippen LogP contribution in [0.4, 0.5) is 0 Å². The molecule has 0 radical (unpaired) electrons. The van der Waals surface area contributed by atoms with Gasteiger partial charge in [-0.25, -0.2) is 0 Å². The van der Waals surface area contributed by atoms with Gasteiger partial charge in [0.1, 0.15) is 0 Å². The molecule has 1 saturated heterocycles. The van der Waals surface area contributed by atoms with Crippen molar-refractivity contribution in [3.63, 3.8) is 0 Å². The Morgan fingerprint density at radius 3 is 3.00 bits per heavy atom. The van der Waals surface area contributed by atoms with Crippen molar-refractivity contribution in [2.45, 2.75) is 18.9 Å². The molecule has 3 rings (SSSR count). The Bertz CT molecular complexity index is 520. The predicted molar refractivity (Wildman–Crippen MR) is 64.7 cm³/mol. The van der Waals surface area contributed by atoms with Crippen molar-refractivity contribution in [2.75, 3.05) is 6.54 Å². The number of hydrogen-bond acceptors (Lipinski definition) is 4. The summed E-state index contributed by atoms with van der Waals surface area (Å²) in [5.41, 5.74) is 0.808. The van der Waals surface area contributed by atoms with E-state index in [9.17, 15) is 0 Å². The summed E-state index contributed by atoms with van der Waals surface area (Å²) in [5.74, 6) is 1.21. The van der Waals surface area contributed by atoms with E-state index >= 15 is 0 Å². The summed E-state index contributed by atoms with van der Waals surface area (Å²) in [5, 5.41) is 7.94. The van der Waals surface area contributed by atoms with E-state index in [2.05, 4.69) is 15.5 Å². The van der Waals surface area contributed by atoms with Crippen LogP contribution in [0.1, 0.15) is 24.8 Å². The minimum atomic E-state index is 0.193. The molecule has 1 aliphatic heterocycles. The Labute approximate surface area is 104 Å². The summed E-state index contributed by atoms with van der Waals surface area (Å²) in [6, 6.07) is 7.69. The van der Waals surface area contributed by atoms with Crippen LogP contribution >= 0.6 is 11.6 Å². The van der Waals surface area contributed by atoms with Crippen LogP contribution in [0.3, 0.4) is 0 Å². The van der Waals surface area contributed by atoms with E-state index in [-0.39, 0.29) is 6.04 Å². The SMILES string of the molecule is Clc1ccccc1-c1noc([C@@H]2CCCN2)n1. The highest BCUT2D eigenvalue weighted by Gasteiger charge is 2.23. The third kappa shape index (κ3) is 2.06.